The number of rotatable bonds is 3. The molecule has 0 aromatic heterocycles. The van der Waals surface area contributed by atoms with Gasteiger partial charge in [0.15, 0.2) is 0 Å². The monoisotopic (exact) mass is 220 g/mol. The van der Waals surface area contributed by atoms with Crippen LogP contribution in [0.1, 0.15) is 11.1 Å². The molecule has 16 heavy (non-hydrogen) atoms. The van der Waals surface area contributed by atoms with E-state index in [1.807, 2.05) is 0 Å². The Kier molecular flexibility index (Phi) is 2.61. The second kappa shape index (κ2) is 3.81. The summed E-state index contributed by atoms with van der Waals surface area (Å²) >= 11 is 0. The maximum atomic E-state index is 11.0. The zero-order chi connectivity index (χ0) is 11.8. The van der Waals surface area contributed by atoms with Gasteiger partial charge in [-0.05, 0) is 23.3 Å². The van der Waals surface area contributed by atoms with Crippen LogP contribution >= 0.6 is 0 Å². The Balaban J connectivity index is 2.27. The zero-order valence-corrected chi connectivity index (χ0v) is 8.51. The Morgan fingerprint density at radius 1 is 1.44 bits per heavy atom. The van der Waals surface area contributed by atoms with Crippen molar-refractivity contribution in [1.82, 2.24) is 0 Å². The minimum Gasteiger partial charge on any atom is -0.537 e. The molecular formula is C10H11BNO4. The molecule has 2 rings (SSSR count). The molecule has 0 saturated heterocycles. The summed E-state index contributed by atoms with van der Waals surface area (Å²) in [6.07, 6.45) is 0.598. The first-order valence-electron chi connectivity index (χ1n) is 4.82. The normalized spacial score (nSPS) is 22.6. The van der Waals surface area contributed by atoms with Gasteiger partial charge in [0.2, 0.25) is 0 Å². The zero-order valence-electron chi connectivity index (χ0n) is 8.51. The third-order valence-corrected chi connectivity index (χ3v) is 2.80. The Hall–Kier alpha value is -1.53. The molecule has 0 fully saturated rings. The SMILES string of the molecule is NC1(C(=O)O)Cc2ccc(O[B]O)cc2C1. The van der Waals surface area contributed by atoms with E-state index in [2.05, 4.69) is 0 Å². The topological polar surface area (TPSA) is 92.8 Å². The molecule has 0 bridgehead atoms. The molecule has 0 spiro atoms. The Morgan fingerprint density at radius 3 is 2.75 bits per heavy atom. The number of carboxylic acids is 1. The molecule has 4 N–H and O–H groups in total. The van der Waals surface area contributed by atoms with Gasteiger partial charge in [0.25, 0.3) is 0 Å². The number of hydrogen-bond acceptors (Lipinski definition) is 4. The minimum atomic E-state index is -1.22. The van der Waals surface area contributed by atoms with Gasteiger partial charge in [-0.1, -0.05) is 6.07 Å². The first kappa shape index (κ1) is 11.0. The van der Waals surface area contributed by atoms with Crippen LogP contribution in [0.3, 0.4) is 0 Å². The largest absolute Gasteiger partial charge is 0.569 e. The first-order valence-corrected chi connectivity index (χ1v) is 4.82. The molecule has 0 amide bonds. The summed E-state index contributed by atoms with van der Waals surface area (Å²) in [5.41, 5.74) is 6.32. The predicted molar refractivity (Wildman–Crippen MR) is 57.0 cm³/mol. The molecule has 83 valence electrons. The van der Waals surface area contributed by atoms with Crippen LogP contribution in [0.5, 0.6) is 5.75 Å². The van der Waals surface area contributed by atoms with Gasteiger partial charge < -0.3 is 20.5 Å². The van der Waals surface area contributed by atoms with E-state index in [9.17, 15) is 4.79 Å². The second-order valence-corrected chi connectivity index (χ2v) is 3.97. The number of carbonyl (C=O) groups is 1. The lowest BCUT2D eigenvalue weighted by Gasteiger charge is -2.16. The summed E-state index contributed by atoms with van der Waals surface area (Å²) in [6, 6.07) is 5.13. The predicted octanol–water partition coefficient (Wildman–Crippen LogP) is -0.527. The maximum absolute atomic E-state index is 11.0. The second-order valence-electron chi connectivity index (χ2n) is 3.97. The third kappa shape index (κ3) is 1.77. The van der Waals surface area contributed by atoms with Gasteiger partial charge in [0.1, 0.15) is 11.3 Å². The Morgan fingerprint density at radius 2 is 2.12 bits per heavy atom. The Bertz CT molecular complexity index is 437. The minimum absolute atomic E-state index is 0.278. The number of nitrogens with two attached hydrogens (primary N) is 1. The molecule has 1 aliphatic carbocycles. The molecule has 1 aromatic carbocycles. The lowest BCUT2D eigenvalue weighted by atomic mass is 9.98. The van der Waals surface area contributed by atoms with Gasteiger partial charge in [0.05, 0.1) is 0 Å². The smallest absolute Gasteiger partial charge is 0.537 e. The molecule has 1 radical (unpaired) electrons. The fraction of sp³-hybridized carbons (Fsp3) is 0.300. The molecule has 1 unspecified atom stereocenters. The van der Waals surface area contributed by atoms with Gasteiger partial charge in [-0.3, -0.25) is 4.79 Å². The number of fused-ring (bicyclic) bond motifs is 1. The van der Waals surface area contributed by atoms with E-state index in [-0.39, 0.29) is 6.42 Å². The molecule has 0 aliphatic heterocycles. The van der Waals surface area contributed by atoms with Gasteiger partial charge >= 0.3 is 13.7 Å². The summed E-state index contributed by atoms with van der Waals surface area (Å²) < 4.78 is 4.80. The quantitative estimate of drug-likeness (QED) is 0.595. The molecule has 6 heteroatoms. The van der Waals surface area contributed by atoms with Crippen molar-refractivity contribution in [3.63, 3.8) is 0 Å². The molecule has 5 nitrogen and oxygen atoms in total. The van der Waals surface area contributed by atoms with Gasteiger partial charge in [-0.2, -0.15) is 0 Å². The third-order valence-electron chi connectivity index (χ3n) is 2.80. The van der Waals surface area contributed by atoms with Crippen LogP contribution in [0.2, 0.25) is 0 Å². The van der Waals surface area contributed by atoms with Crippen molar-refractivity contribution >= 4 is 13.7 Å². The molecule has 1 atom stereocenters. The average molecular weight is 220 g/mol. The summed E-state index contributed by atoms with van der Waals surface area (Å²) in [4.78, 5) is 11.0. The van der Waals surface area contributed by atoms with Crippen molar-refractivity contribution in [2.45, 2.75) is 18.4 Å². The van der Waals surface area contributed by atoms with Gasteiger partial charge in [-0.25, -0.2) is 0 Å². The van der Waals surface area contributed by atoms with Crippen molar-refractivity contribution in [2.24, 2.45) is 5.73 Å². The van der Waals surface area contributed by atoms with Crippen molar-refractivity contribution in [3.05, 3.63) is 29.3 Å². The number of hydrogen-bond donors (Lipinski definition) is 3. The van der Waals surface area contributed by atoms with E-state index in [1.165, 1.54) is 0 Å². The van der Waals surface area contributed by atoms with Gasteiger partial charge in [-0.15, -0.1) is 0 Å². The van der Waals surface area contributed by atoms with E-state index in [1.54, 1.807) is 18.2 Å². The van der Waals surface area contributed by atoms with E-state index in [4.69, 9.17) is 20.5 Å². The Labute approximate surface area is 93.1 Å². The molecular weight excluding hydrogens is 209 g/mol. The average Bonchev–Trinajstić information content (AvgIpc) is 2.55. The summed E-state index contributed by atoms with van der Waals surface area (Å²) in [6.45, 7) is 0. The van der Waals surface area contributed by atoms with Crippen LogP contribution in [-0.2, 0) is 17.6 Å². The molecule has 0 heterocycles. The first-order chi connectivity index (χ1) is 7.55. The lowest BCUT2D eigenvalue weighted by molar-refractivity contribution is -0.142. The van der Waals surface area contributed by atoms with Crippen LogP contribution in [0.15, 0.2) is 18.2 Å². The molecule has 1 aromatic rings. The van der Waals surface area contributed by atoms with Crippen LogP contribution in [0.4, 0.5) is 0 Å². The van der Waals surface area contributed by atoms with E-state index < -0.39 is 11.5 Å². The number of aliphatic carboxylic acids is 1. The highest BCUT2D eigenvalue weighted by Gasteiger charge is 2.40. The maximum Gasteiger partial charge on any atom is 0.569 e. The van der Waals surface area contributed by atoms with Crippen molar-refractivity contribution in [2.75, 3.05) is 0 Å². The van der Waals surface area contributed by atoms with E-state index in [0.29, 0.717) is 19.9 Å². The molecule has 1 aliphatic rings. The van der Waals surface area contributed by atoms with Crippen LogP contribution in [-0.4, -0.2) is 29.3 Å². The fourth-order valence-electron chi connectivity index (χ4n) is 1.97. The molecule has 0 saturated carbocycles. The van der Waals surface area contributed by atoms with Crippen LogP contribution in [0.25, 0.3) is 0 Å². The fourth-order valence-corrected chi connectivity index (χ4v) is 1.97. The highest BCUT2D eigenvalue weighted by molar-refractivity contribution is 6.17. The number of benzene rings is 1. The van der Waals surface area contributed by atoms with Crippen LogP contribution in [0, 0.1) is 0 Å². The summed E-state index contributed by atoms with van der Waals surface area (Å²) in [7, 11) is 0.587. The standard InChI is InChI=1S/C10H11BNO4/c12-10(9(13)14)4-6-1-2-8(16-11-15)3-7(6)5-10/h1-3,15H,4-5,12H2,(H,13,14). The van der Waals surface area contributed by atoms with Gasteiger partial charge in [0, 0.05) is 12.8 Å². The van der Waals surface area contributed by atoms with Crippen molar-refractivity contribution in [1.29, 1.82) is 0 Å². The summed E-state index contributed by atoms with van der Waals surface area (Å²) in [5.74, 6) is -0.532. The van der Waals surface area contributed by atoms with E-state index >= 15 is 0 Å². The highest BCUT2D eigenvalue weighted by atomic mass is 16.5. The van der Waals surface area contributed by atoms with E-state index in [0.717, 1.165) is 11.1 Å². The summed E-state index contributed by atoms with van der Waals surface area (Å²) in [5, 5.41) is 17.5. The van der Waals surface area contributed by atoms with Crippen LogP contribution < -0.4 is 10.4 Å². The lowest BCUT2D eigenvalue weighted by Crippen LogP contribution is -2.48. The van der Waals surface area contributed by atoms with Crippen molar-refractivity contribution in [3.8, 4) is 5.75 Å². The van der Waals surface area contributed by atoms with Crippen molar-refractivity contribution < 1.29 is 19.6 Å². The highest BCUT2D eigenvalue weighted by Crippen LogP contribution is 2.31. The number of carboxylic acid groups (broad SMARTS) is 1.